The van der Waals surface area contributed by atoms with Crippen molar-refractivity contribution in [1.82, 2.24) is 20.3 Å². The smallest absolute Gasteiger partial charge is 0.408 e. The molecule has 2 aromatic rings. The lowest BCUT2D eigenvalue weighted by atomic mass is 10.2. The van der Waals surface area contributed by atoms with Gasteiger partial charge in [0.15, 0.2) is 0 Å². The summed E-state index contributed by atoms with van der Waals surface area (Å²) in [6.07, 6.45) is 0.994. The van der Waals surface area contributed by atoms with Crippen LogP contribution in [0, 0.1) is 0 Å². The van der Waals surface area contributed by atoms with E-state index in [4.69, 9.17) is 9.47 Å². The minimum absolute atomic E-state index is 0.0751. The number of hydrogen-bond donors (Lipinski definition) is 1. The van der Waals surface area contributed by atoms with Crippen molar-refractivity contribution in [3.63, 3.8) is 0 Å². The van der Waals surface area contributed by atoms with Gasteiger partial charge < -0.3 is 14.8 Å². The van der Waals surface area contributed by atoms with Crippen molar-refractivity contribution in [2.75, 3.05) is 7.11 Å². The number of benzene rings is 1. The third kappa shape index (κ3) is 5.59. The fourth-order valence-corrected chi connectivity index (χ4v) is 2.09. The number of nitrogens with one attached hydrogen (secondary N) is 1. The number of carbonyl (C=O) groups is 2. The van der Waals surface area contributed by atoms with Crippen molar-refractivity contribution in [3.05, 3.63) is 36.5 Å². The van der Waals surface area contributed by atoms with E-state index >= 15 is 0 Å². The van der Waals surface area contributed by atoms with E-state index in [1.54, 1.807) is 27.0 Å². The average Bonchev–Trinajstić information content (AvgIpc) is 3.01. The van der Waals surface area contributed by atoms with E-state index in [-0.39, 0.29) is 6.54 Å². The fraction of sp³-hybridized carbons (Fsp3) is 0.412. The summed E-state index contributed by atoms with van der Waals surface area (Å²) >= 11 is 0. The first-order valence-corrected chi connectivity index (χ1v) is 7.81. The molecule has 0 spiro atoms. The van der Waals surface area contributed by atoms with Crippen LogP contribution in [0.15, 0.2) is 36.5 Å². The number of nitrogens with zero attached hydrogens (tertiary/aromatic N) is 3. The lowest BCUT2D eigenvalue weighted by Gasteiger charge is -2.22. The molecule has 8 nitrogen and oxygen atoms in total. The van der Waals surface area contributed by atoms with Crippen molar-refractivity contribution < 1.29 is 19.1 Å². The molecule has 0 aliphatic rings. The SMILES string of the molecule is COC(=O)[C@@H](Cn1cc(-c2ccccc2)nn1)NC(=O)OC(C)(C)C. The molecular formula is C17H22N4O4. The highest BCUT2D eigenvalue weighted by atomic mass is 16.6. The molecule has 0 saturated carbocycles. The van der Waals surface area contributed by atoms with E-state index in [0.29, 0.717) is 5.69 Å². The normalized spacial score (nSPS) is 12.3. The number of carbonyl (C=O) groups excluding carboxylic acids is 2. The van der Waals surface area contributed by atoms with Crippen molar-refractivity contribution in [3.8, 4) is 11.3 Å². The van der Waals surface area contributed by atoms with Gasteiger partial charge in [0.1, 0.15) is 17.3 Å². The summed E-state index contributed by atoms with van der Waals surface area (Å²) in [5, 5.41) is 10.6. The Morgan fingerprint density at radius 1 is 1.24 bits per heavy atom. The molecule has 0 saturated heterocycles. The minimum atomic E-state index is -0.940. The molecule has 0 fully saturated rings. The molecule has 0 aliphatic heterocycles. The van der Waals surface area contributed by atoms with Crippen molar-refractivity contribution in [1.29, 1.82) is 0 Å². The minimum Gasteiger partial charge on any atom is -0.467 e. The van der Waals surface area contributed by atoms with E-state index in [1.807, 2.05) is 30.3 Å². The van der Waals surface area contributed by atoms with Crippen LogP contribution in [-0.4, -0.2) is 45.8 Å². The number of amides is 1. The standard InChI is InChI=1S/C17H22N4O4/c1-17(2,3)25-16(23)18-14(15(22)24-4)11-21-10-13(19-20-21)12-8-6-5-7-9-12/h5-10,14H,11H2,1-4H3,(H,18,23)/t14-/m1/s1. The summed E-state index contributed by atoms with van der Waals surface area (Å²) in [6.45, 7) is 5.29. The number of hydrogen-bond acceptors (Lipinski definition) is 6. The van der Waals surface area contributed by atoms with Gasteiger partial charge in [-0.1, -0.05) is 35.5 Å². The number of alkyl carbamates (subject to hydrolysis) is 1. The molecule has 1 aromatic carbocycles. The van der Waals surface area contributed by atoms with Gasteiger partial charge in [-0.3, -0.25) is 0 Å². The molecule has 0 unspecified atom stereocenters. The first-order chi connectivity index (χ1) is 11.8. The van der Waals surface area contributed by atoms with Gasteiger partial charge in [0.25, 0.3) is 0 Å². The Labute approximate surface area is 146 Å². The molecule has 0 bridgehead atoms. The fourth-order valence-electron chi connectivity index (χ4n) is 2.09. The van der Waals surface area contributed by atoms with Crippen LogP contribution in [0.25, 0.3) is 11.3 Å². The zero-order valence-electron chi connectivity index (χ0n) is 14.7. The highest BCUT2D eigenvalue weighted by Gasteiger charge is 2.26. The Bertz CT molecular complexity index is 722. The number of ether oxygens (including phenoxy) is 2. The zero-order chi connectivity index (χ0) is 18.4. The predicted octanol–water partition coefficient (Wildman–Crippen LogP) is 2.01. The summed E-state index contributed by atoms with van der Waals surface area (Å²) in [4.78, 5) is 23.9. The van der Waals surface area contributed by atoms with Crippen molar-refractivity contribution >= 4 is 12.1 Å². The summed E-state index contributed by atoms with van der Waals surface area (Å²) in [6, 6.07) is 8.58. The van der Waals surface area contributed by atoms with Crippen LogP contribution >= 0.6 is 0 Å². The molecule has 25 heavy (non-hydrogen) atoms. The van der Waals surface area contributed by atoms with E-state index < -0.39 is 23.7 Å². The number of aromatic nitrogens is 3. The Morgan fingerprint density at radius 3 is 2.52 bits per heavy atom. The first-order valence-electron chi connectivity index (χ1n) is 7.81. The van der Waals surface area contributed by atoms with E-state index in [2.05, 4.69) is 15.6 Å². The lowest BCUT2D eigenvalue weighted by Crippen LogP contribution is -2.46. The zero-order valence-corrected chi connectivity index (χ0v) is 14.7. The van der Waals surface area contributed by atoms with Gasteiger partial charge in [-0.05, 0) is 20.8 Å². The molecule has 1 N–H and O–H groups in total. The predicted molar refractivity (Wildman–Crippen MR) is 90.6 cm³/mol. The third-order valence-corrected chi connectivity index (χ3v) is 3.15. The van der Waals surface area contributed by atoms with Crippen LogP contribution in [0.1, 0.15) is 20.8 Å². The summed E-state index contributed by atoms with van der Waals surface area (Å²) in [5.74, 6) is -0.595. The molecule has 1 heterocycles. The second-order valence-electron chi connectivity index (χ2n) is 6.41. The van der Waals surface area contributed by atoms with Gasteiger partial charge in [-0.25, -0.2) is 14.3 Å². The summed E-state index contributed by atoms with van der Waals surface area (Å²) < 4.78 is 11.4. The number of esters is 1. The monoisotopic (exact) mass is 346 g/mol. The topological polar surface area (TPSA) is 95.3 Å². The third-order valence-electron chi connectivity index (χ3n) is 3.15. The van der Waals surface area contributed by atoms with Crippen LogP contribution in [0.4, 0.5) is 4.79 Å². The van der Waals surface area contributed by atoms with E-state index in [0.717, 1.165) is 5.56 Å². The molecule has 134 valence electrons. The molecular weight excluding hydrogens is 324 g/mol. The van der Waals surface area contributed by atoms with E-state index in [9.17, 15) is 9.59 Å². The maximum absolute atomic E-state index is 11.9. The Balaban J connectivity index is 2.08. The van der Waals surface area contributed by atoms with Gasteiger partial charge >= 0.3 is 12.1 Å². The average molecular weight is 346 g/mol. The van der Waals surface area contributed by atoms with Gasteiger partial charge in [-0.15, -0.1) is 5.10 Å². The van der Waals surface area contributed by atoms with Gasteiger partial charge in [0.2, 0.25) is 0 Å². The Kier molecular flexibility index (Phi) is 5.74. The highest BCUT2D eigenvalue weighted by Crippen LogP contribution is 2.15. The molecule has 0 aliphatic carbocycles. The first kappa shape index (κ1) is 18.4. The molecule has 1 aromatic heterocycles. The Hall–Kier alpha value is -2.90. The molecule has 0 radical (unpaired) electrons. The second kappa shape index (κ2) is 7.78. The molecule has 8 heteroatoms. The maximum Gasteiger partial charge on any atom is 0.408 e. The van der Waals surface area contributed by atoms with Crippen LogP contribution in [0.5, 0.6) is 0 Å². The van der Waals surface area contributed by atoms with E-state index in [1.165, 1.54) is 11.8 Å². The van der Waals surface area contributed by atoms with Crippen LogP contribution in [0.3, 0.4) is 0 Å². The summed E-state index contributed by atoms with van der Waals surface area (Å²) in [5.41, 5.74) is 0.906. The maximum atomic E-state index is 11.9. The quantitative estimate of drug-likeness (QED) is 0.832. The summed E-state index contributed by atoms with van der Waals surface area (Å²) in [7, 11) is 1.25. The lowest BCUT2D eigenvalue weighted by molar-refractivity contribution is -0.143. The second-order valence-corrected chi connectivity index (χ2v) is 6.41. The Morgan fingerprint density at radius 2 is 1.92 bits per heavy atom. The highest BCUT2D eigenvalue weighted by molar-refractivity contribution is 5.81. The van der Waals surface area contributed by atoms with Gasteiger partial charge in [0.05, 0.1) is 19.9 Å². The van der Waals surface area contributed by atoms with Crippen LogP contribution in [0.2, 0.25) is 0 Å². The van der Waals surface area contributed by atoms with Gasteiger partial charge in [0, 0.05) is 5.56 Å². The van der Waals surface area contributed by atoms with Crippen LogP contribution in [-0.2, 0) is 20.8 Å². The molecule has 1 amide bonds. The largest absolute Gasteiger partial charge is 0.467 e. The molecule has 1 atom stereocenters. The van der Waals surface area contributed by atoms with Crippen LogP contribution < -0.4 is 5.32 Å². The van der Waals surface area contributed by atoms with Crippen molar-refractivity contribution in [2.24, 2.45) is 0 Å². The molecule has 2 rings (SSSR count). The van der Waals surface area contributed by atoms with Crippen molar-refractivity contribution in [2.45, 2.75) is 39.0 Å². The number of rotatable bonds is 5. The number of methoxy groups -OCH3 is 1. The van der Waals surface area contributed by atoms with Gasteiger partial charge in [-0.2, -0.15) is 0 Å².